The molecule has 6 heteroatoms. The zero-order chi connectivity index (χ0) is 16.8. The van der Waals surface area contributed by atoms with Crippen LogP contribution in [0.15, 0.2) is 41.5 Å². The Morgan fingerprint density at radius 2 is 1.87 bits per heavy atom. The number of rotatable bonds is 5. The highest BCUT2D eigenvalue weighted by Gasteiger charge is 2.06. The molecule has 5 nitrogen and oxygen atoms in total. The number of hydrogen-bond donors (Lipinski definition) is 2. The number of aromatic hydroxyl groups is 1. The summed E-state index contributed by atoms with van der Waals surface area (Å²) in [6, 6.07) is 10.0. The predicted molar refractivity (Wildman–Crippen MR) is 90.3 cm³/mol. The number of hydrogen-bond acceptors (Lipinski definition) is 4. The molecule has 0 heterocycles. The summed E-state index contributed by atoms with van der Waals surface area (Å²) in [6.45, 7) is 3.61. The molecule has 1 amide bonds. The van der Waals surface area contributed by atoms with Crippen molar-refractivity contribution in [1.82, 2.24) is 5.43 Å². The summed E-state index contributed by atoms with van der Waals surface area (Å²) >= 11 is 6.08. The van der Waals surface area contributed by atoms with Crippen LogP contribution in [0.3, 0.4) is 0 Å². The third kappa shape index (κ3) is 5.00. The molecule has 0 spiro atoms. The van der Waals surface area contributed by atoms with Crippen LogP contribution in [0.4, 0.5) is 0 Å². The van der Waals surface area contributed by atoms with Gasteiger partial charge in [-0.25, -0.2) is 5.43 Å². The molecule has 23 heavy (non-hydrogen) atoms. The van der Waals surface area contributed by atoms with Crippen LogP contribution in [-0.4, -0.2) is 23.8 Å². The highest BCUT2D eigenvalue weighted by atomic mass is 35.5. The van der Waals surface area contributed by atoms with Gasteiger partial charge in [-0.2, -0.15) is 5.10 Å². The average Bonchev–Trinajstić information content (AvgIpc) is 2.52. The molecule has 0 aromatic heterocycles. The molecule has 0 bridgehead atoms. The van der Waals surface area contributed by atoms with Gasteiger partial charge in [0, 0.05) is 5.02 Å². The van der Waals surface area contributed by atoms with Crippen LogP contribution in [0.25, 0.3) is 0 Å². The van der Waals surface area contributed by atoms with Gasteiger partial charge in [0.05, 0.1) is 6.21 Å². The standard InChI is InChI=1S/C17H17ClN2O3/c1-11-7-15(8-12(2)17(11)18)23-10-16(22)20-19-9-13-3-5-14(21)6-4-13/h3-9,21H,10H2,1-2H3,(H,20,22)/b19-9+. The molecule has 0 aliphatic carbocycles. The summed E-state index contributed by atoms with van der Waals surface area (Å²) in [7, 11) is 0. The minimum atomic E-state index is -0.370. The van der Waals surface area contributed by atoms with Crippen LogP contribution in [0.5, 0.6) is 11.5 Å². The number of ether oxygens (including phenoxy) is 1. The zero-order valence-corrected chi connectivity index (χ0v) is 13.6. The SMILES string of the molecule is Cc1cc(OCC(=O)N/N=C/c2ccc(O)cc2)cc(C)c1Cl. The number of phenolic OH excluding ortho intramolecular Hbond substituents is 1. The topological polar surface area (TPSA) is 70.9 Å². The molecule has 0 saturated carbocycles. The Bertz CT molecular complexity index is 704. The van der Waals surface area contributed by atoms with E-state index >= 15 is 0 Å². The maximum atomic E-state index is 11.7. The van der Waals surface area contributed by atoms with Gasteiger partial charge in [-0.3, -0.25) is 4.79 Å². The van der Waals surface area contributed by atoms with Crippen molar-refractivity contribution in [2.24, 2.45) is 5.10 Å². The van der Waals surface area contributed by atoms with E-state index in [0.717, 1.165) is 16.7 Å². The number of phenols is 1. The van der Waals surface area contributed by atoms with Crippen LogP contribution in [0, 0.1) is 13.8 Å². The van der Waals surface area contributed by atoms with Crippen molar-refractivity contribution in [3.05, 3.63) is 58.1 Å². The smallest absolute Gasteiger partial charge is 0.277 e. The number of amides is 1. The Kier molecular flexibility index (Phi) is 5.60. The molecule has 0 atom stereocenters. The van der Waals surface area contributed by atoms with E-state index in [1.54, 1.807) is 24.3 Å². The van der Waals surface area contributed by atoms with Gasteiger partial charge >= 0.3 is 0 Å². The van der Waals surface area contributed by atoms with E-state index in [-0.39, 0.29) is 18.3 Å². The van der Waals surface area contributed by atoms with E-state index < -0.39 is 0 Å². The molecule has 2 rings (SSSR count). The van der Waals surface area contributed by atoms with Gasteiger partial charge < -0.3 is 9.84 Å². The minimum absolute atomic E-state index is 0.145. The van der Waals surface area contributed by atoms with Crippen molar-refractivity contribution in [3.8, 4) is 11.5 Å². The van der Waals surface area contributed by atoms with Crippen LogP contribution >= 0.6 is 11.6 Å². The first kappa shape index (κ1) is 16.8. The fraction of sp³-hybridized carbons (Fsp3) is 0.176. The number of carbonyl (C=O) groups is 1. The van der Waals surface area contributed by atoms with Crippen LogP contribution in [0.2, 0.25) is 5.02 Å². The third-order valence-electron chi connectivity index (χ3n) is 3.08. The van der Waals surface area contributed by atoms with Crippen molar-refractivity contribution in [1.29, 1.82) is 0 Å². The third-order valence-corrected chi connectivity index (χ3v) is 3.67. The van der Waals surface area contributed by atoms with E-state index in [0.29, 0.717) is 10.8 Å². The summed E-state index contributed by atoms with van der Waals surface area (Å²) in [5.41, 5.74) is 4.92. The summed E-state index contributed by atoms with van der Waals surface area (Å²) in [6.07, 6.45) is 1.48. The first-order chi connectivity index (χ1) is 11.0. The number of benzene rings is 2. The minimum Gasteiger partial charge on any atom is -0.508 e. The molecule has 0 radical (unpaired) electrons. The largest absolute Gasteiger partial charge is 0.508 e. The van der Waals surface area contributed by atoms with Crippen molar-refractivity contribution in [2.45, 2.75) is 13.8 Å². The van der Waals surface area contributed by atoms with Crippen molar-refractivity contribution in [2.75, 3.05) is 6.61 Å². The fourth-order valence-electron chi connectivity index (χ4n) is 1.91. The zero-order valence-electron chi connectivity index (χ0n) is 12.8. The summed E-state index contributed by atoms with van der Waals surface area (Å²) in [4.78, 5) is 11.7. The quantitative estimate of drug-likeness (QED) is 0.652. The number of carbonyl (C=O) groups excluding carboxylic acids is 1. The molecule has 0 aliphatic heterocycles. The summed E-state index contributed by atoms with van der Waals surface area (Å²) in [5.74, 6) is 0.389. The number of nitrogens with one attached hydrogen (secondary N) is 1. The molecule has 120 valence electrons. The number of halogens is 1. The highest BCUT2D eigenvalue weighted by molar-refractivity contribution is 6.32. The predicted octanol–water partition coefficient (Wildman–Crippen LogP) is 3.19. The Morgan fingerprint density at radius 3 is 2.48 bits per heavy atom. The molecule has 0 aliphatic rings. The second-order valence-electron chi connectivity index (χ2n) is 5.04. The van der Waals surface area contributed by atoms with E-state index in [9.17, 15) is 4.79 Å². The van der Waals surface area contributed by atoms with E-state index in [1.807, 2.05) is 13.8 Å². The Morgan fingerprint density at radius 1 is 1.26 bits per heavy atom. The molecule has 0 fully saturated rings. The normalized spacial score (nSPS) is 10.7. The lowest BCUT2D eigenvalue weighted by atomic mass is 10.1. The van der Waals surface area contributed by atoms with E-state index in [1.165, 1.54) is 18.3 Å². The Balaban J connectivity index is 1.84. The molecule has 0 unspecified atom stereocenters. The lowest BCUT2D eigenvalue weighted by Crippen LogP contribution is -2.24. The molecule has 2 aromatic rings. The van der Waals surface area contributed by atoms with Crippen LogP contribution in [0.1, 0.15) is 16.7 Å². The first-order valence-corrected chi connectivity index (χ1v) is 7.34. The number of aryl methyl sites for hydroxylation is 2. The van der Waals surface area contributed by atoms with Crippen LogP contribution in [-0.2, 0) is 4.79 Å². The molecular formula is C17H17ClN2O3. The second kappa shape index (κ2) is 7.65. The van der Waals surface area contributed by atoms with Gasteiger partial charge in [0.15, 0.2) is 6.61 Å². The Hall–Kier alpha value is -2.53. The number of nitrogens with zero attached hydrogens (tertiary/aromatic N) is 1. The maximum absolute atomic E-state index is 11.7. The van der Waals surface area contributed by atoms with Gasteiger partial charge in [-0.15, -0.1) is 0 Å². The summed E-state index contributed by atoms with van der Waals surface area (Å²) in [5, 5.41) is 13.7. The lowest BCUT2D eigenvalue weighted by Gasteiger charge is -2.09. The van der Waals surface area contributed by atoms with E-state index in [2.05, 4.69) is 10.5 Å². The van der Waals surface area contributed by atoms with Gasteiger partial charge in [0.2, 0.25) is 0 Å². The number of hydrazone groups is 1. The van der Waals surface area contributed by atoms with Crippen molar-refractivity contribution < 1.29 is 14.6 Å². The molecular weight excluding hydrogens is 316 g/mol. The molecule has 0 saturated heterocycles. The average molecular weight is 333 g/mol. The maximum Gasteiger partial charge on any atom is 0.277 e. The van der Waals surface area contributed by atoms with Gasteiger partial charge in [0.25, 0.3) is 5.91 Å². The monoisotopic (exact) mass is 332 g/mol. The molecule has 2 aromatic carbocycles. The van der Waals surface area contributed by atoms with Gasteiger partial charge in [0.1, 0.15) is 11.5 Å². The Labute approximate surface area is 139 Å². The second-order valence-corrected chi connectivity index (χ2v) is 5.42. The van der Waals surface area contributed by atoms with Crippen molar-refractivity contribution in [3.63, 3.8) is 0 Å². The lowest BCUT2D eigenvalue weighted by molar-refractivity contribution is -0.123. The fourth-order valence-corrected chi connectivity index (χ4v) is 2.02. The van der Waals surface area contributed by atoms with Crippen molar-refractivity contribution >= 4 is 23.7 Å². The van der Waals surface area contributed by atoms with Crippen LogP contribution < -0.4 is 10.2 Å². The summed E-state index contributed by atoms with van der Waals surface area (Å²) < 4.78 is 5.43. The highest BCUT2D eigenvalue weighted by Crippen LogP contribution is 2.25. The van der Waals surface area contributed by atoms with E-state index in [4.69, 9.17) is 21.4 Å². The van der Waals surface area contributed by atoms with Gasteiger partial charge in [-0.05, 0) is 66.9 Å². The first-order valence-electron chi connectivity index (χ1n) is 6.96. The van der Waals surface area contributed by atoms with Gasteiger partial charge in [-0.1, -0.05) is 11.6 Å². The molecule has 2 N–H and O–H groups in total.